The molecule has 0 aliphatic rings. The zero-order chi connectivity index (χ0) is 14.1. The van der Waals surface area contributed by atoms with E-state index in [0.717, 1.165) is 26.9 Å². The van der Waals surface area contributed by atoms with E-state index in [1.165, 1.54) is 7.11 Å². The molecule has 0 spiro atoms. The van der Waals surface area contributed by atoms with Gasteiger partial charge in [-0.2, -0.15) is 0 Å². The first-order valence-electron chi connectivity index (χ1n) is 6.02. The number of imidazole rings is 1. The lowest BCUT2D eigenvalue weighted by Crippen LogP contribution is -2.00. The van der Waals surface area contributed by atoms with Crippen LogP contribution >= 0.6 is 15.9 Å². The third kappa shape index (κ3) is 2.20. The Balaban J connectivity index is 2.02. The van der Waals surface area contributed by atoms with Crippen LogP contribution in [0.5, 0.6) is 0 Å². The number of halogens is 1. The number of rotatable bonds is 2. The van der Waals surface area contributed by atoms with Crippen LogP contribution in [0.15, 0.2) is 46.9 Å². The maximum atomic E-state index is 11.4. The molecule has 0 aliphatic heterocycles. The van der Waals surface area contributed by atoms with Crippen molar-refractivity contribution in [3.63, 3.8) is 0 Å². The van der Waals surface area contributed by atoms with Gasteiger partial charge in [0.25, 0.3) is 0 Å². The number of carbonyl (C=O) groups excluding carboxylic acids is 1. The van der Waals surface area contributed by atoms with E-state index in [2.05, 4.69) is 30.6 Å². The first-order valence-corrected chi connectivity index (χ1v) is 6.81. The molecule has 0 amide bonds. The summed E-state index contributed by atoms with van der Waals surface area (Å²) >= 11 is 3.48. The number of carbonyl (C=O) groups is 1. The van der Waals surface area contributed by atoms with E-state index < -0.39 is 0 Å². The van der Waals surface area contributed by atoms with Crippen LogP contribution < -0.4 is 0 Å². The predicted octanol–water partition coefficient (Wildman–Crippen LogP) is 3.78. The van der Waals surface area contributed by atoms with Crippen molar-refractivity contribution in [2.75, 3.05) is 7.11 Å². The van der Waals surface area contributed by atoms with Gasteiger partial charge in [-0.05, 0) is 40.2 Å². The molecular formula is C15H11BrN2O2. The predicted molar refractivity (Wildman–Crippen MR) is 80.6 cm³/mol. The Labute approximate surface area is 123 Å². The Kier molecular flexibility index (Phi) is 3.28. The maximum Gasteiger partial charge on any atom is 0.337 e. The summed E-state index contributed by atoms with van der Waals surface area (Å²) in [6.45, 7) is 0. The summed E-state index contributed by atoms with van der Waals surface area (Å²) in [4.78, 5) is 19.2. The molecule has 4 nitrogen and oxygen atoms in total. The molecule has 0 saturated carbocycles. The van der Waals surface area contributed by atoms with E-state index in [1.807, 2.05) is 30.3 Å². The van der Waals surface area contributed by atoms with Gasteiger partial charge in [0.1, 0.15) is 11.3 Å². The molecule has 100 valence electrons. The average Bonchev–Trinajstić information content (AvgIpc) is 2.92. The van der Waals surface area contributed by atoms with Gasteiger partial charge < -0.3 is 9.72 Å². The van der Waals surface area contributed by atoms with Gasteiger partial charge in [0, 0.05) is 10.0 Å². The number of fused-ring (bicyclic) bond motifs is 1. The summed E-state index contributed by atoms with van der Waals surface area (Å²) in [6, 6.07) is 13.0. The summed E-state index contributed by atoms with van der Waals surface area (Å²) in [5, 5.41) is 0. The Bertz CT molecular complexity index is 778. The number of esters is 1. The standard InChI is InChI=1S/C15H11BrN2O2/c1-20-15(19)10-7-5-9(6-8-10)14-17-12-4-2-3-11(16)13(12)18-14/h2-8H,1H3,(H,17,18). The van der Waals surface area contributed by atoms with Gasteiger partial charge in [0.15, 0.2) is 0 Å². The highest BCUT2D eigenvalue weighted by molar-refractivity contribution is 9.10. The second-order valence-corrected chi connectivity index (χ2v) is 5.14. The van der Waals surface area contributed by atoms with Gasteiger partial charge in [-0.3, -0.25) is 0 Å². The molecule has 2 aromatic carbocycles. The third-order valence-corrected chi connectivity index (χ3v) is 3.68. The number of hydrogen-bond donors (Lipinski definition) is 1. The molecule has 1 N–H and O–H groups in total. The molecule has 0 fully saturated rings. The Morgan fingerprint density at radius 2 is 1.95 bits per heavy atom. The van der Waals surface area contributed by atoms with Crippen LogP contribution in [0.1, 0.15) is 10.4 Å². The Morgan fingerprint density at radius 1 is 1.20 bits per heavy atom. The van der Waals surface area contributed by atoms with E-state index in [0.29, 0.717) is 5.56 Å². The number of nitrogens with zero attached hydrogens (tertiary/aromatic N) is 1. The summed E-state index contributed by atoms with van der Waals surface area (Å²) in [6.07, 6.45) is 0. The van der Waals surface area contributed by atoms with E-state index in [1.54, 1.807) is 12.1 Å². The van der Waals surface area contributed by atoms with Gasteiger partial charge >= 0.3 is 5.97 Å². The van der Waals surface area contributed by atoms with Crippen molar-refractivity contribution < 1.29 is 9.53 Å². The number of hydrogen-bond acceptors (Lipinski definition) is 3. The van der Waals surface area contributed by atoms with Crippen molar-refractivity contribution in [2.45, 2.75) is 0 Å². The molecule has 3 aromatic rings. The molecule has 0 radical (unpaired) electrons. The third-order valence-electron chi connectivity index (χ3n) is 3.04. The van der Waals surface area contributed by atoms with Gasteiger partial charge in [0.05, 0.1) is 18.2 Å². The molecule has 0 unspecified atom stereocenters. The van der Waals surface area contributed by atoms with Gasteiger partial charge in [-0.25, -0.2) is 9.78 Å². The first-order chi connectivity index (χ1) is 9.69. The molecule has 0 bridgehead atoms. The minimum atomic E-state index is -0.344. The number of benzene rings is 2. The normalized spacial score (nSPS) is 10.7. The van der Waals surface area contributed by atoms with Crippen LogP contribution in [0.3, 0.4) is 0 Å². The molecular weight excluding hydrogens is 320 g/mol. The highest BCUT2D eigenvalue weighted by Gasteiger charge is 2.09. The van der Waals surface area contributed by atoms with Crippen molar-refractivity contribution in [1.29, 1.82) is 0 Å². The second kappa shape index (κ2) is 5.09. The molecule has 0 saturated heterocycles. The number of nitrogens with one attached hydrogen (secondary N) is 1. The lowest BCUT2D eigenvalue weighted by atomic mass is 10.1. The molecule has 0 aliphatic carbocycles. The van der Waals surface area contributed by atoms with E-state index >= 15 is 0 Å². The zero-order valence-electron chi connectivity index (χ0n) is 10.7. The van der Waals surface area contributed by atoms with Crippen molar-refractivity contribution in [3.8, 4) is 11.4 Å². The fourth-order valence-corrected chi connectivity index (χ4v) is 2.47. The first kappa shape index (κ1) is 12.9. The van der Waals surface area contributed by atoms with Crippen LogP contribution in [0.2, 0.25) is 0 Å². The number of aromatic amines is 1. The molecule has 3 rings (SSSR count). The van der Waals surface area contributed by atoms with Crippen LogP contribution in [-0.2, 0) is 4.74 Å². The quantitative estimate of drug-likeness (QED) is 0.727. The fraction of sp³-hybridized carbons (Fsp3) is 0.0667. The molecule has 1 heterocycles. The van der Waals surface area contributed by atoms with Crippen molar-refractivity contribution in [3.05, 3.63) is 52.5 Å². The van der Waals surface area contributed by atoms with Crippen molar-refractivity contribution in [2.24, 2.45) is 0 Å². The van der Waals surface area contributed by atoms with Crippen molar-refractivity contribution >= 4 is 32.9 Å². The molecule has 5 heteroatoms. The van der Waals surface area contributed by atoms with Crippen LogP contribution in [-0.4, -0.2) is 23.0 Å². The lowest BCUT2D eigenvalue weighted by molar-refractivity contribution is 0.0601. The number of methoxy groups -OCH3 is 1. The summed E-state index contributed by atoms with van der Waals surface area (Å²) in [7, 11) is 1.37. The number of ether oxygens (including phenoxy) is 1. The summed E-state index contributed by atoms with van der Waals surface area (Å²) in [5.74, 6) is 0.423. The number of H-pyrrole nitrogens is 1. The number of aromatic nitrogens is 2. The van der Waals surface area contributed by atoms with E-state index in [9.17, 15) is 4.79 Å². The SMILES string of the molecule is COC(=O)c1ccc(-c2nc3c(Br)cccc3[nH]2)cc1. The smallest absolute Gasteiger partial charge is 0.337 e. The highest BCUT2D eigenvalue weighted by atomic mass is 79.9. The van der Waals surface area contributed by atoms with Crippen LogP contribution in [0.4, 0.5) is 0 Å². The monoisotopic (exact) mass is 330 g/mol. The van der Waals surface area contributed by atoms with Gasteiger partial charge in [-0.1, -0.05) is 18.2 Å². The van der Waals surface area contributed by atoms with E-state index in [-0.39, 0.29) is 5.97 Å². The minimum absolute atomic E-state index is 0.344. The lowest BCUT2D eigenvalue weighted by Gasteiger charge is -2.00. The Hall–Kier alpha value is -2.14. The van der Waals surface area contributed by atoms with E-state index in [4.69, 9.17) is 0 Å². The maximum absolute atomic E-state index is 11.4. The van der Waals surface area contributed by atoms with Crippen LogP contribution in [0.25, 0.3) is 22.4 Å². The zero-order valence-corrected chi connectivity index (χ0v) is 12.3. The number of para-hydroxylation sites is 1. The second-order valence-electron chi connectivity index (χ2n) is 4.29. The molecule has 0 atom stereocenters. The largest absolute Gasteiger partial charge is 0.465 e. The summed E-state index contributed by atoms with van der Waals surface area (Å²) < 4.78 is 5.62. The minimum Gasteiger partial charge on any atom is -0.465 e. The summed E-state index contributed by atoms with van der Waals surface area (Å²) in [5.41, 5.74) is 3.29. The van der Waals surface area contributed by atoms with Crippen LogP contribution in [0, 0.1) is 0 Å². The highest BCUT2D eigenvalue weighted by Crippen LogP contribution is 2.26. The van der Waals surface area contributed by atoms with Gasteiger partial charge in [0.2, 0.25) is 0 Å². The molecule has 20 heavy (non-hydrogen) atoms. The average molecular weight is 331 g/mol. The Morgan fingerprint density at radius 3 is 2.60 bits per heavy atom. The topological polar surface area (TPSA) is 55.0 Å². The molecule has 1 aromatic heterocycles. The van der Waals surface area contributed by atoms with Crippen molar-refractivity contribution in [1.82, 2.24) is 9.97 Å². The fourth-order valence-electron chi connectivity index (χ4n) is 2.02. The van der Waals surface area contributed by atoms with Gasteiger partial charge in [-0.15, -0.1) is 0 Å².